The van der Waals surface area contributed by atoms with Crippen LogP contribution in [0.2, 0.25) is 0 Å². The number of hydrogen-bond acceptors (Lipinski definition) is 6. The van der Waals surface area contributed by atoms with Crippen molar-refractivity contribution in [2.45, 2.75) is 25.9 Å². The van der Waals surface area contributed by atoms with Gasteiger partial charge in [-0.15, -0.1) is 0 Å². The Hall–Kier alpha value is -1.99. The number of phenols is 1. The first-order valence-electron chi connectivity index (χ1n) is 7.14. The monoisotopic (exact) mass is 337 g/mol. The van der Waals surface area contributed by atoms with E-state index in [2.05, 4.69) is 5.32 Å². The van der Waals surface area contributed by atoms with E-state index in [1.807, 2.05) is 6.26 Å². The van der Waals surface area contributed by atoms with Crippen LogP contribution in [0.1, 0.15) is 17.5 Å². The second-order valence-electron chi connectivity index (χ2n) is 5.24. The molecule has 0 saturated heterocycles. The normalized spacial score (nSPS) is 12.4. The molecular formula is C16H19NO5S. The summed E-state index contributed by atoms with van der Waals surface area (Å²) in [6.07, 6.45) is 2.37. The molecule has 0 aliphatic heterocycles. The summed E-state index contributed by atoms with van der Waals surface area (Å²) in [7, 11) is 0. The van der Waals surface area contributed by atoms with Gasteiger partial charge in [-0.1, -0.05) is 0 Å². The minimum absolute atomic E-state index is 0.0345. The Balaban J connectivity index is 2.33. The molecule has 2 aromatic rings. The molecule has 124 valence electrons. The van der Waals surface area contributed by atoms with Gasteiger partial charge >= 0.3 is 11.6 Å². The lowest BCUT2D eigenvalue weighted by molar-refractivity contribution is -0.139. The number of carboxylic acid groups (broad SMARTS) is 1. The molecular weight excluding hydrogens is 318 g/mol. The number of aliphatic carboxylic acids is 1. The lowest BCUT2D eigenvalue weighted by atomic mass is 10.1. The third-order valence-electron chi connectivity index (χ3n) is 3.63. The van der Waals surface area contributed by atoms with Crippen LogP contribution in [0.5, 0.6) is 5.75 Å². The topological polar surface area (TPSA) is 99.8 Å². The molecule has 2 rings (SSSR count). The molecule has 0 saturated carbocycles. The molecule has 6 nitrogen and oxygen atoms in total. The van der Waals surface area contributed by atoms with Gasteiger partial charge in [-0.3, -0.25) is 10.1 Å². The van der Waals surface area contributed by atoms with Crippen molar-refractivity contribution >= 4 is 28.7 Å². The van der Waals surface area contributed by atoms with E-state index in [0.717, 1.165) is 10.9 Å². The second-order valence-corrected chi connectivity index (χ2v) is 6.23. The van der Waals surface area contributed by atoms with Crippen molar-refractivity contribution in [3.05, 3.63) is 39.7 Å². The van der Waals surface area contributed by atoms with Crippen LogP contribution in [-0.4, -0.2) is 34.2 Å². The Morgan fingerprint density at radius 2 is 2.17 bits per heavy atom. The molecule has 0 bridgehead atoms. The number of fused-ring (bicyclic) bond motifs is 1. The van der Waals surface area contributed by atoms with Crippen molar-refractivity contribution in [1.29, 1.82) is 0 Å². The quantitative estimate of drug-likeness (QED) is 0.665. The van der Waals surface area contributed by atoms with Gasteiger partial charge in [-0.2, -0.15) is 11.8 Å². The summed E-state index contributed by atoms with van der Waals surface area (Å²) in [6, 6.07) is 3.85. The number of carboxylic acids is 1. The fraction of sp³-hybridized carbons (Fsp3) is 0.375. The van der Waals surface area contributed by atoms with E-state index in [4.69, 9.17) is 4.42 Å². The van der Waals surface area contributed by atoms with Crippen molar-refractivity contribution < 1.29 is 19.4 Å². The summed E-state index contributed by atoms with van der Waals surface area (Å²) < 4.78 is 5.22. The average Bonchev–Trinajstić information content (AvgIpc) is 2.48. The van der Waals surface area contributed by atoms with Crippen LogP contribution in [0.3, 0.4) is 0 Å². The van der Waals surface area contributed by atoms with Gasteiger partial charge in [0.05, 0.1) is 5.56 Å². The third-order valence-corrected chi connectivity index (χ3v) is 4.28. The van der Waals surface area contributed by atoms with Gasteiger partial charge in [0, 0.05) is 18.0 Å². The zero-order valence-corrected chi connectivity index (χ0v) is 13.8. The number of phenolic OH excluding ortho intramolecular Hbond substituents is 1. The second kappa shape index (κ2) is 7.52. The maximum Gasteiger partial charge on any atom is 0.336 e. The summed E-state index contributed by atoms with van der Waals surface area (Å²) >= 11 is 1.57. The highest BCUT2D eigenvalue weighted by Gasteiger charge is 2.19. The van der Waals surface area contributed by atoms with E-state index in [9.17, 15) is 19.8 Å². The van der Waals surface area contributed by atoms with E-state index < -0.39 is 17.6 Å². The zero-order valence-electron chi connectivity index (χ0n) is 13.0. The Bertz CT molecular complexity index is 771. The summed E-state index contributed by atoms with van der Waals surface area (Å²) in [5, 5.41) is 22.9. The summed E-state index contributed by atoms with van der Waals surface area (Å²) in [4.78, 5) is 22.9. The molecule has 1 atom stereocenters. The summed E-state index contributed by atoms with van der Waals surface area (Å²) in [6.45, 7) is 1.88. The van der Waals surface area contributed by atoms with Crippen molar-refractivity contribution in [1.82, 2.24) is 5.32 Å². The first-order valence-corrected chi connectivity index (χ1v) is 8.54. The van der Waals surface area contributed by atoms with Gasteiger partial charge in [-0.05, 0) is 43.0 Å². The number of rotatable bonds is 7. The van der Waals surface area contributed by atoms with Gasteiger partial charge in [0.15, 0.2) is 0 Å². The largest absolute Gasteiger partial charge is 0.507 e. The molecule has 3 N–H and O–H groups in total. The number of hydrogen-bond donors (Lipinski definition) is 3. The molecule has 7 heteroatoms. The van der Waals surface area contributed by atoms with Gasteiger partial charge in [0.2, 0.25) is 0 Å². The SMILES string of the molecule is CSCC[C@@H](NCc1c(O)ccc2c(C)cc(=O)oc12)C(=O)O. The van der Waals surface area contributed by atoms with Crippen LogP contribution in [0.15, 0.2) is 27.4 Å². The molecule has 23 heavy (non-hydrogen) atoms. The molecule has 1 heterocycles. The van der Waals surface area contributed by atoms with Crippen LogP contribution < -0.4 is 10.9 Å². The van der Waals surface area contributed by atoms with Crippen LogP contribution >= 0.6 is 11.8 Å². The summed E-state index contributed by atoms with van der Waals surface area (Å²) in [5.74, 6) is -0.274. The minimum Gasteiger partial charge on any atom is -0.507 e. The molecule has 0 fully saturated rings. The van der Waals surface area contributed by atoms with Crippen molar-refractivity contribution in [2.24, 2.45) is 0 Å². The van der Waals surface area contributed by atoms with E-state index >= 15 is 0 Å². The smallest absolute Gasteiger partial charge is 0.336 e. The highest BCUT2D eigenvalue weighted by molar-refractivity contribution is 7.98. The Morgan fingerprint density at radius 1 is 1.43 bits per heavy atom. The Morgan fingerprint density at radius 3 is 2.83 bits per heavy atom. The predicted molar refractivity (Wildman–Crippen MR) is 90.1 cm³/mol. The van der Waals surface area contributed by atoms with Crippen LogP contribution in [-0.2, 0) is 11.3 Å². The van der Waals surface area contributed by atoms with Gasteiger partial charge in [-0.25, -0.2) is 4.79 Å². The Kier molecular flexibility index (Phi) is 5.68. The fourth-order valence-electron chi connectivity index (χ4n) is 2.37. The number of thioether (sulfide) groups is 1. The van der Waals surface area contributed by atoms with Crippen molar-refractivity contribution in [2.75, 3.05) is 12.0 Å². The van der Waals surface area contributed by atoms with E-state index in [1.165, 1.54) is 12.1 Å². The molecule has 0 aliphatic rings. The number of nitrogens with one attached hydrogen (secondary N) is 1. The van der Waals surface area contributed by atoms with Crippen LogP contribution in [0.25, 0.3) is 11.0 Å². The standard InChI is InChI=1S/C16H19NO5S/c1-9-7-14(19)22-15-10(9)3-4-13(18)11(15)8-17-12(16(20)21)5-6-23-2/h3-4,7,12,17-18H,5-6,8H2,1-2H3,(H,20,21)/t12-/m1/s1. The maximum atomic E-state index is 11.6. The number of aryl methyl sites for hydroxylation is 1. The molecule has 0 unspecified atom stereocenters. The molecule has 0 aliphatic carbocycles. The lowest BCUT2D eigenvalue weighted by Crippen LogP contribution is -2.36. The molecule has 1 aromatic heterocycles. The van der Waals surface area contributed by atoms with Crippen LogP contribution in [0.4, 0.5) is 0 Å². The molecule has 0 amide bonds. The summed E-state index contributed by atoms with van der Waals surface area (Å²) in [5.41, 5.74) is 0.920. The molecule has 1 aromatic carbocycles. The highest BCUT2D eigenvalue weighted by atomic mass is 32.2. The first kappa shape index (κ1) is 17.4. The Labute approximate surface area is 137 Å². The molecule has 0 spiro atoms. The van der Waals surface area contributed by atoms with Gasteiger partial charge in [0.1, 0.15) is 17.4 Å². The van der Waals surface area contributed by atoms with Crippen molar-refractivity contribution in [3.8, 4) is 5.75 Å². The third kappa shape index (κ3) is 4.05. The number of aromatic hydroxyl groups is 1. The number of carbonyl (C=O) groups is 1. The van der Waals surface area contributed by atoms with E-state index in [-0.39, 0.29) is 17.9 Å². The minimum atomic E-state index is -0.948. The van der Waals surface area contributed by atoms with Crippen molar-refractivity contribution in [3.63, 3.8) is 0 Å². The highest BCUT2D eigenvalue weighted by Crippen LogP contribution is 2.28. The fourth-order valence-corrected chi connectivity index (χ4v) is 2.85. The zero-order chi connectivity index (χ0) is 17.0. The lowest BCUT2D eigenvalue weighted by Gasteiger charge is -2.15. The van der Waals surface area contributed by atoms with E-state index in [0.29, 0.717) is 17.7 Å². The van der Waals surface area contributed by atoms with E-state index in [1.54, 1.807) is 24.8 Å². The van der Waals surface area contributed by atoms with Gasteiger partial charge < -0.3 is 14.6 Å². The maximum absolute atomic E-state index is 11.6. The average molecular weight is 337 g/mol. The van der Waals surface area contributed by atoms with Crippen LogP contribution in [0, 0.1) is 6.92 Å². The van der Waals surface area contributed by atoms with Gasteiger partial charge in [0.25, 0.3) is 0 Å². The number of benzene rings is 1. The molecule has 0 radical (unpaired) electrons. The first-order chi connectivity index (χ1) is 10.9. The predicted octanol–water partition coefficient (Wildman–Crippen LogP) is 2.10.